The summed E-state index contributed by atoms with van der Waals surface area (Å²) in [6, 6.07) is 2.21. The third-order valence-corrected chi connectivity index (χ3v) is 3.21. The zero-order valence-corrected chi connectivity index (χ0v) is 10.5. The Morgan fingerprint density at radius 3 is 2.94 bits per heavy atom. The number of carbonyl (C=O) groups excluding carboxylic acids is 1. The van der Waals surface area contributed by atoms with E-state index in [0.717, 1.165) is 18.7 Å². The topological polar surface area (TPSA) is 54.3 Å². The molecule has 0 bridgehead atoms. The molecular formula is C13H20N2O2. The van der Waals surface area contributed by atoms with E-state index in [1.54, 1.807) is 6.07 Å². The Morgan fingerprint density at radius 1 is 1.53 bits per heavy atom. The minimum absolute atomic E-state index is 0.0354. The molecule has 17 heavy (non-hydrogen) atoms. The smallest absolute Gasteiger partial charge is 0.254 e. The zero-order valence-electron chi connectivity index (χ0n) is 10.5. The summed E-state index contributed by atoms with van der Waals surface area (Å²) in [6.45, 7) is 5.43. The monoisotopic (exact) mass is 236 g/mol. The highest BCUT2D eigenvalue weighted by Crippen LogP contribution is 2.13. The van der Waals surface area contributed by atoms with Gasteiger partial charge in [0.1, 0.15) is 11.5 Å². The lowest BCUT2D eigenvalue weighted by molar-refractivity contribution is 0.0946. The summed E-state index contributed by atoms with van der Waals surface area (Å²) in [5.74, 6) is 1.44. The molecule has 0 aromatic carbocycles. The maximum atomic E-state index is 11.9. The van der Waals surface area contributed by atoms with Crippen molar-refractivity contribution in [2.75, 3.05) is 13.1 Å². The van der Waals surface area contributed by atoms with Crippen molar-refractivity contribution < 1.29 is 9.21 Å². The van der Waals surface area contributed by atoms with Crippen LogP contribution in [0.5, 0.6) is 0 Å². The Kier molecular flexibility index (Phi) is 3.84. The van der Waals surface area contributed by atoms with E-state index in [1.165, 1.54) is 12.8 Å². The number of hydrogen-bond acceptors (Lipinski definition) is 3. The van der Waals surface area contributed by atoms with Crippen LogP contribution in [0, 0.1) is 13.8 Å². The lowest BCUT2D eigenvalue weighted by atomic mass is 10.1. The van der Waals surface area contributed by atoms with Crippen molar-refractivity contribution in [1.29, 1.82) is 0 Å². The first-order valence-corrected chi connectivity index (χ1v) is 6.25. The molecule has 1 saturated heterocycles. The Bertz CT molecular complexity index is 392. The molecule has 1 aromatic rings. The molecule has 0 radical (unpaired) electrons. The zero-order chi connectivity index (χ0) is 12.3. The molecule has 94 valence electrons. The van der Waals surface area contributed by atoms with Gasteiger partial charge in [-0.1, -0.05) is 6.42 Å². The fourth-order valence-corrected chi connectivity index (χ4v) is 2.27. The molecule has 1 aliphatic rings. The summed E-state index contributed by atoms with van der Waals surface area (Å²) < 4.78 is 5.35. The first-order valence-electron chi connectivity index (χ1n) is 6.25. The van der Waals surface area contributed by atoms with Crippen LogP contribution in [0.1, 0.15) is 41.1 Å². The summed E-state index contributed by atoms with van der Waals surface area (Å²) in [4.78, 5) is 11.9. The number of piperidine rings is 1. The number of carbonyl (C=O) groups is 1. The second-order valence-corrected chi connectivity index (χ2v) is 4.68. The van der Waals surface area contributed by atoms with E-state index in [4.69, 9.17) is 4.42 Å². The van der Waals surface area contributed by atoms with Gasteiger partial charge in [-0.2, -0.15) is 0 Å². The number of aryl methyl sites for hydroxylation is 2. The standard InChI is InChI=1S/C13H20N2O2/c1-9-7-12(10(2)17-9)13(16)15-8-11-5-3-4-6-14-11/h7,11,14H,3-6,8H2,1-2H3,(H,15,16). The largest absolute Gasteiger partial charge is 0.466 e. The van der Waals surface area contributed by atoms with Crippen LogP contribution in [0.4, 0.5) is 0 Å². The predicted octanol–water partition coefficient (Wildman–Crippen LogP) is 1.77. The normalized spacial score (nSPS) is 20.2. The van der Waals surface area contributed by atoms with Crippen LogP contribution >= 0.6 is 0 Å². The van der Waals surface area contributed by atoms with Crippen molar-refractivity contribution in [3.63, 3.8) is 0 Å². The average Bonchev–Trinajstić information content (AvgIpc) is 2.67. The van der Waals surface area contributed by atoms with Crippen molar-refractivity contribution >= 4 is 5.91 Å². The van der Waals surface area contributed by atoms with Gasteiger partial charge in [0.05, 0.1) is 5.56 Å². The second kappa shape index (κ2) is 5.36. The predicted molar refractivity (Wildman–Crippen MR) is 66.2 cm³/mol. The van der Waals surface area contributed by atoms with E-state index in [0.29, 0.717) is 23.9 Å². The van der Waals surface area contributed by atoms with E-state index < -0.39 is 0 Å². The van der Waals surface area contributed by atoms with Crippen LogP contribution in [0.3, 0.4) is 0 Å². The van der Waals surface area contributed by atoms with Gasteiger partial charge in [-0.05, 0) is 39.3 Å². The van der Waals surface area contributed by atoms with Gasteiger partial charge in [-0.15, -0.1) is 0 Å². The molecule has 4 nitrogen and oxygen atoms in total. The maximum Gasteiger partial charge on any atom is 0.254 e. The molecule has 4 heteroatoms. The molecule has 1 fully saturated rings. The first-order chi connectivity index (χ1) is 8.16. The number of nitrogens with one attached hydrogen (secondary N) is 2. The molecular weight excluding hydrogens is 216 g/mol. The van der Waals surface area contributed by atoms with Gasteiger partial charge in [-0.3, -0.25) is 4.79 Å². The molecule has 1 aromatic heterocycles. The maximum absolute atomic E-state index is 11.9. The quantitative estimate of drug-likeness (QED) is 0.841. The minimum Gasteiger partial charge on any atom is -0.466 e. The van der Waals surface area contributed by atoms with Gasteiger partial charge < -0.3 is 15.1 Å². The molecule has 1 amide bonds. The van der Waals surface area contributed by atoms with Crippen molar-refractivity contribution in [1.82, 2.24) is 10.6 Å². The summed E-state index contributed by atoms with van der Waals surface area (Å²) in [7, 11) is 0. The average molecular weight is 236 g/mol. The van der Waals surface area contributed by atoms with Crippen molar-refractivity contribution in [2.24, 2.45) is 0 Å². The van der Waals surface area contributed by atoms with Gasteiger partial charge in [0.15, 0.2) is 0 Å². The highest BCUT2D eigenvalue weighted by Gasteiger charge is 2.16. The Labute approximate surface area is 102 Å². The fourth-order valence-electron chi connectivity index (χ4n) is 2.27. The fraction of sp³-hybridized carbons (Fsp3) is 0.615. The summed E-state index contributed by atoms with van der Waals surface area (Å²) in [5, 5.41) is 6.37. The van der Waals surface area contributed by atoms with Gasteiger partial charge in [0, 0.05) is 12.6 Å². The molecule has 0 aliphatic carbocycles. The van der Waals surface area contributed by atoms with Crippen LogP contribution in [0.25, 0.3) is 0 Å². The lowest BCUT2D eigenvalue weighted by Crippen LogP contribution is -2.43. The van der Waals surface area contributed by atoms with Gasteiger partial charge >= 0.3 is 0 Å². The van der Waals surface area contributed by atoms with Gasteiger partial charge in [0.2, 0.25) is 0 Å². The summed E-state index contributed by atoms with van der Waals surface area (Å²) >= 11 is 0. The molecule has 2 heterocycles. The lowest BCUT2D eigenvalue weighted by Gasteiger charge is -2.23. The van der Waals surface area contributed by atoms with Crippen LogP contribution in [-0.4, -0.2) is 25.0 Å². The van der Waals surface area contributed by atoms with Crippen molar-refractivity contribution in [2.45, 2.75) is 39.2 Å². The number of amides is 1. The van der Waals surface area contributed by atoms with E-state index >= 15 is 0 Å². The Hall–Kier alpha value is -1.29. The van der Waals surface area contributed by atoms with Crippen LogP contribution in [0.2, 0.25) is 0 Å². The first kappa shape index (κ1) is 12.2. The van der Waals surface area contributed by atoms with Crippen molar-refractivity contribution in [3.8, 4) is 0 Å². The highest BCUT2D eigenvalue weighted by atomic mass is 16.3. The van der Waals surface area contributed by atoms with Crippen LogP contribution in [-0.2, 0) is 0 Å². The number of hydrogen-bond donors (Lipinski definition) is 2. The third kappa shape index (κ3) is 3.09. The highest BCUT2D eigenvalue weighted by molar-refractivity contribution is 5.95. The molecule has 2 N–H and O–H groups in total. The number of furan rings is 1. The molecule has 2 rings (SSSR count). The SMILES string of the molecule is Cc1cc(C(=O)NCC2CCCCN2)c(C)o1. The summed E-state index contributed by atoms with van der Waals surface area (Å²) in [5.41, 5.74) is 0.651. The van der Waals surface area contributed by atoms with Crippen molar-refractivity contribution in [3.05, 3.63) is 23.2 Å². The van der Waals surface area contributed by atoms with Gasteiger partial charge in [-0.25, -0.2) is 0 Å². The van der Waals surface area contributed by atoms with Gasteiger partial charge in [0.25, 0.3) is 5.91 Å². The van der Waals surface area contributed by atoms with Crippen LogP contribution < -0.4 is 10.6 Å². The Balaban J connectivity index is 1.86. The molecule has 0 saturated carbocycles. The van der Waals surface area contributed by atoms with E-state index in [1.807, 2.05) is 13.8 Å². The number of rotatable bonds is 3. The molecule has 0 spiro atoms. The Morgan fingerprint density at radius 2 is 2.35 bits per heavy atom. The van der Waals surface area contributed by atoms with E-state index in [9.17, 15) is 4.79 Å². The molecule has 1 aliphatic heterocycles. The van der Waals surface area contributed by atoms with E-state index in [-0.39, 0.29) is 5.91 Å². The molecule has 1 unspecified atom stereocenters. The third-order valence-electron chi connectivity index (χ3n) is 3.21. The summed E-state index contributed by atoms with van der Waals surface area (Å²) in [6.07, 6.45) is 3.63. The second-order valence-electron chi connectivity index (χ2n) is 4.68. The van der Waals surface area contributed by atoms with E-state index in [2.05, 4.69) is 10.6 Å². The molecule has 1 atom stereocenters. The minimum atomic E-state index is -0.0354. The van der Waals surface area contributed by atoms with Crippen LogP contribution in [0.15, 0.2) is 10.5 Å².